The first-order chi connectivity index (χ1) is 12.2. The zero-order valence-electron chi connectivity index (χ0n) is 16.9. The minimum absolute atomic E-state index is 0.114. The number of aliphatic hydroxyl groups excluding tert-OH is 1. The van der Waals surface area contributed by atoms with E-state index in [-0.39, 0.29) is 17.9 Å². The topological polar surface area (TPSA) is 53.0 Å². The molecule has 1 aromatic rings. The van der Waals surface area contributed by atoms with Crippen LogP contribution in [0.3, 0.4) is 0 Å². The second-order valence-corrected chi connectivity index (χ2v) is 8.36. The minimum atomic E-state index is -0.541. The number of amides is 1. The van der Waals surface area contributed by atoms with Crippen LogP contribution in [0.25, 0.3) is 0 Å². The number of hydrogen-bond donors (Lipinski definition) is 1. The van der Waals surface area contributed by atoms with Gasteiger partial charge in [0, 0.05) is 33.1 Å². The highest BCUT2D eigenvalue weighted by atomic mass is 16.5. The smallest absolute Gasteiger partial charge is 0.219 e. The van der Waals surface area contributed by atoms with Crippen LogP contribution in [-0.2, 0) is 10.2 Å². The lowest BCUT2D eigenvalue weighted by molar-refractivity contribution is -0.128. The SMILES string of the molecule is CC(=O)N1CCCN(CC(O)COc2ccc(C(C)(C)C)cc2C)CC1. The van der Waals surface area contributed by atoms with Gasteiger partial charge in [-0.2, -0.15) is 0 Å². The third-order valence-corrected chi connectivity index (χ3v) is 4.97. The Kier molecular flexibility index (Phi) is 7.07. The Morgan fingerprint density at radius 2 is 1.96 bits per heavy atom. The summed E-state index contributed by atoms with van der Waals surface area (Å²) in [6.07, 6.45) is 0.404. The van der Waals surface area contributed by atoms with Gasteiger partial charge in [-0.25, -0.2) is 0 Å². The van der Waals surface area contributed by atoms with Crippen LogP contribution in [0.1, 0.15) is 45.2 Å². The van der Waals surface area contributed by atoms with E-state index >= 15 is 0 Å². The van der Waals surface area contributed by atoms with Crippen LogP contribution in [0.5, 0.6) is 5.75 Å². The van der Waals surface area contributed by atoms with Gasteiger partial charge in [-0.1, -0.05) is 32.9 Å². The third-order valence-electron chi connectivity index (χ3n) is 4.97. The van der Waals surface area contributed by atoms with Crippen molar-refractivity contribution >= 4 is 5.91 Å². The predicted molar refractivity (Wildman–Crippen MR) is 105 cm³/mol. The Morgan fingerprint density at radius 1 is 1.23 bits per heavy atom. The molecule has 1 atom stereocenters. The van der Waals surface area contributed by atoms with Gasteiger partial charge < -0.3 is 14.7 Å². The molecule has 146 valence electrons. The highest BCUT2D eigenvalue weighted by Gasteiger charge is 2.19. The Morgan fingerprint density at radius 3 is 2.58 bits per heavy atom. The van der Waals surface area contributed by atoms with Crippen molar-refractivity contribution in [2.24, 2.45) is 0 Å². The molecule has 1 aromatic carbocycles. The number of carbonyl (C=O) groups is 1. The number of aryl methyl sites for hydroxylation is 1. The van der Waals surface area contributed by atoms with Crippen molar-refractivity contribution < 1.29 is 14.6 Å². The van der Waals surface area contributed by atoms with Gasteiger partial charge in [0.15, 0.2) is 0 Å². The van der Waals surface area contributed by atoms with Gasteiger partial charge in [0.1, 0.15) is 18.5 Å². The van der Waals surface area contributed by atoms with E-state index in [1.54, 1.807) is 6.92 Å². The zero-order valence-corrected chi connectivity index (χ0v) is 16.9. The van der Waals surface area contributed by atoms with E-state index in [4.69, 9.17) is 4.74 Å². The van der Waals surface area contributed by atoms with Crippen LogP contribution < -0.4 is 4.74 Å². The van der Waals surface area contributed by atoms with E-state index in [1.165, 1.54) is 5.56 Å². The van der Waals surface area contributed by atoms with Crippen LogP contribution in [-0.4, -0.2) is 66.2 Å². The van der Waals surface area contributed by atoms with Gasteiger partial charge in [-0.3, -0.25) is 9.69 Å². The van der Waals surface area contributed by atoms with Gasteiger partial charge in [-0.15, -0.1) is 0 Å². The lowest BCUT2D eigenvalue weighted by Crippen LogP contribution is -2.38. The fraction of sp³-hybridized carbons (Fsp3) is 0.667. The first-order valence-electron chi connectivity index (χ1n) is 9.56. The second-order valence-electron chi connectivity index (χ2n) is 8.36. The number of benzene rings is 1. The summed E-state index contributed by atoms with van der Waals surface area (Å²) < 4.78 is 5.86. The maximum atomic E-state index is 11.5. The molecule has 1 N–H and O–H groups in total. The Bertz CT molecular complexity index is 610. The molecule has 0 bridgehead atoms. The molecule has 5 heteroatoms. The van der Waals surface area contributed by atoms with Crippen LogP contribution in [0, 0.1) is 6.92 Å². The van der Waals surface area contributed by atoms with E-state index in [9.17, 15) is 9.90 Å². The molecule has 1 unspecified atom stereocenters. The summed E-state index contributed by atoms with van der Waals surface area (Å²) in [6, 6.07) is 6.26. The summed E-state index contributed by atoms with van der Waals surface area (Å²) >= 11 is 0. The molecule has 0 saturated carbocycles. The molecule has 1 aliphatic heterocycles. The first-order valence-corrected chi connectivity index (χ1v) is 9.56. The van der Waals surface area contributed by atoms with Gasteiger partial charge in [0.2, 0.25) is 5.91 Å². The monoisotopic (exact) mass is 362 g/mol. The van der Waals surface area contributed by atoms with E-state index in [0.717, 1.165) is 43.9 Å². The summed E-state index contributed by atoms with van der Waals surface area (Å²) in [7, 11) is 0. The summed E-state index contributed by atoms with van der Waals surface area (Å²) in [6.45, 7) is 14.3. The van der Waals surface area contributed by atoms with Crippen LogP contribution in [0.4, 0.5) is 0 Å². The molecular formula is C21H34N2O3. The summed E-state index contributed by atoms with van der Waals surface area (Å²) in [4.78, 5) is 15.6. The van der Waals surface area contributed by atoms with Crippen LogP contribution >= 0.6 is 0 Å². The molecule has 26 heavy (non-hydrogen) atoms. The van der Waals surface area contributed by atoms with Crippen molar-refractivity contribution in [3.05, 3.63) is 29.3 Å². The maximum absolute atomic E-state index is 11.5. The number of aliphatic hydroxyl groups is 1. The van der Waals surface area contributed by atoms with E-state index in [0.29, 0.717) is 6.54 Å². The molecule has 5 nitrogen and oxygen atoms in total. The third kappa shape index (κ3) is 5.99. The average Bonchev–Trinajstić information content (AvgIpc) is 2.78. The van der Waals surface area contributed by atoms with Crippen LogP contribution in [0.2, 0.25) is 0 Å². The second kappa shape index (κ2) is 8.87. The fourth-order valence-electron chi connectivity index (χ4n) is 3.28. The first kappa shape index (κ1) is 20.7. The van der Waals surface area contributed by atoms with Crippen molar-refractivity contribution in [3.63, 3.8) is 0 Å². The van der Waals surface area contributed by atoms with Crippen molar-refractivity contribution in [1.82, 2.24) is 9.80 Å². The number of ether oxygens (including phenoxy) is 1. The molecule has 0 aromatic heterocycles. The molecule has 0 spiro atoms. The molecule has 1 aliphatic rings. The Hall–Kier alpha value is -1.59. The summed E-state index contributed by atoms with van der Waals surface area (Å²) in [5.41, 5.74) is 2.49. The standard InChI is InChI=1S/C21H34N2O3/c1-16-13-18(21(3,4)5)7-8-20(16)26-15-19(25)14-22-9-6-10-23(12-11-22)17(2)24/h7-8,13,19,25H,6,9-12,14-15H2,1-5H3. The predicted octanol–water partition coefficient (Wildman–Crippen LogP) is 2.59. The lowest BCUT2D eigenvalue weighted by Gasteiger charge is -2.24. The van der Waals surface area contributed by atoms with E-state index < -0.39 is 6.10 Å². The molecule has 1 heterocycles. The van der Waals surface area contributed by atoms with Crippen molar-refractivity contribution in [3.8, 4) is 5.75 Å². The van der Waals surface area contributed by atoms with Crippen molar-refractivity contribution in [2.75, 3.05) is 39.3 Å². The molecule has 0 radical (unpaired) electrons. The summed E-state index contributed by atoms with van der Waals surface area (Å²) in [5, 5.41) is 10.4. The largest absolute Gasteiger partial charge is 0.491 e. The fourth-order valence-corrected chi connectivity index (χ4v) is 3.28. The molecule has 1 amide bonds. The maximum Gasteiger partial charge on any atom is 0.219 e. The molecule has 1 saturated heterocycles. The molecular weight excluding hydrogens is 328 g/mol. The van der Waals surface area contributed by atoms with E-state index in [2.05, 4.69) is 37.8 Å². The molecule has 1 fully saturated rings. The number of nitrogens with zero attached hydrogens (tertiary/aromatic N) is 2. The number of hydrogen-bond acceptors (Lipinski definition) is 4. The van der Waals surface area contributed by atoms with Crippen molar-refractivity contribution in [2.45, 2.75) is 52.6 Å². The number of carbonyl (C=O) groups excluding carboxylic acids is 1. The van der Waals surface area contributed by atoms with Gasteiger partial charge in [0.25, 0.3) is 0 Å². The van der Waals surface area contributed by atoms with E-state index in [1.807, 2.05) is 17.9 Å². The van der Waals surface area contributed by atoms with Gasteiger partial charge in [0.05, 0.1) is 0 Å². The van der Waals surface area contributed by atoms with Gasteiger partial charge in [-0.05, 0) is 42.5 Å². The quantitative estimate of drug-likeness (QED) is 0.875. The Labute approximate surface area is 157 Å². The molecule has 2 rings (SSSR count). The highest BCUT2D eigenvalue weighted by Crippen LogP contribution is 2.27. The van der Waals surface area contributed by atoms with Gasteiger partial charge >= 0.3 is 0 Å². The summed E-state index contributed by atoms with van der Waals surface area (Å²) in [5.74, 6) is 0.959. The normalized spacial score (nSPS) is 17.7. The zero-order chi connectivity index (χ0) is 19.3. The molecule has 0 aliphatic carbocycles. The van der Waals surface area contributed by atoms with Crippen LogP contribution in [0.15, 0.2) is 18.2 Å². The Balaban J connectivity index is 1.83. The minimum Gasteiger partial charge on any atom is -0.491 e. The lowest BCUT2D eigenvalue weighted by atomic mass is 9.86. The number of rotatable bonds is 5. The highest BCUT2D eigenvalue weighted by molar-refractivity contribution is 5.73. The van der Waals surface area contributed by atoms with Crippen molar-refractivity contribution in [1.29, 1.82) is 0 Å². The number of β-amino-alcohol motifs (C(OH)–C–C–N with tert-alkyl or cyclic N) is 1. The average molecular weight is 363 g/mol.